The zero-order valence-corrected chi connectivity index (χ0v) is 12.0. The zero-order valence-electron chi connectivity index (χ0n) is 11.2. The smallest absolute Gasteiger partial charge is 0.329 e. The van der Waals surface area contributed by atoms with E-state index in [9.17, 15) is 13.2 Å². The van der Waals surface area contributed by atoms with E-state index in [0.29, 0.717) is 0 Å². The van der Waals surface area contributed by atoms with Crippen LogP contribution < -0.4 is 0 Å². The van der Waals surface area contributed by atoms with E-state index in [1.54, 1.807) is 13.0 Å². The Balaban J connectivity index is 2.14. The van der Waals surface area contributed by atoms with Gasteiger partial charge in [-0.25, -0.2) is 18.2 Å². The summed E-state index contributed by atoms with van der Waals surface area (Å²) >= 11 is 0. The van der Waals surface area contributed by atoms with Crippen LogP contribution in [-0.4, -0.2) is 54.1 Å². The molecule has 21 heavy (non-hydrogen) atoms. The van der Waals surface area contributed by atoms with E-state index in [-0.39, 0.29) is 23.7 Å². The molecule has 1 fully saturated rings. The highest BCUT2D eigenvalue weighted by atomic mass is 32.2. The Hall–Kier alpha value is -2.02. The van der Waals surface area contributed by atoms with Crippen LogP contribution in [0.4, 0.5) is 0 Å². The molecule has 2 rings (SSSR count). The molecule has 0 radical (unpaired) electrons. The predicted octanol–water partition coefficient (Wildman–Crippen LogP) is -0.183. The van der Waals surface area contributed by atoms with Gasteiger partial charge in [-0.1, -0.05) is 0 Å². The van der Waals surface area contributed by atoms with Gasteiger partial charge in [0, 0.05) is 19.3 Å². The topological polar surface area (TPSA) is 121 Å². The van der Waals surface area contributed by atoms with Gasteiger partial charge in [-0.15, -0.1) is 0 Å². The fourth-order valence-corrected chi connectivity index (χ4v) is 3.78. The lowest BCUT2D eigenvalue weighted by atomic mass is 10.0. The number of carboxylic acids is 1. The maximum Gasteiger partial charge on any atom is 0.329 e. The Morgan fingerprint density at radius 3 is 2.86 bits per heavy atom. The van der Waals surface area contributed by atoms with Gasteiger partial charge in [0.15, 0.2) is 5.69 Å². The second-order valence-electron chi connectivity index (χ2n) is 4.87. The van der Waals surface area contributed by atoms with Crippen LogP contribution in [0.15, 0.2) is 23.2 Å². The minimum absolute atomic E-state index is 0.0301. The molecule has 0 bridgehead atoms. The highest BCUT2D eigenvalue weighted by Crippen LogP contribution is 2.31. The number of nitriles is 1. The summed E-state index contributed by atoms with van der Waals surface area (Å²) < 4.78 is 31.1. The number of pyridine rings is 1. The molecule has 9 heteroatoms. The van der Waals surface area contributed by atoms with Crippen molar-refractivity contribution in [2.45, 2.75) is 17.4 Å². The van der Waals surface area contributed by atoms with Crippen LogP contribution in [0, 0.1) is 11.3 Å². The van der Waals surface area contributed by atoms with E-state index in [2.05, 4.69) is 4.98 Å². The average Bonchev–Trinajstić information content (AvgIpc) is 2.42. The molecule has 0 unspecified atom stereocenters. The van der Waals surface area contributed by atoms with Crippen LogP contribution in [0.5, 0.6) is 0 Å². The summed E-state index contributed by atoms with van der Waals surface area (Å²) in [4.78, 5) is 14.0. The average molecular weight is 311 g/mol. The lowest BCUT2D eigenvalue weighted by Gasteiger charge is -2.46. The van der Waals surface area contributed by atoms with Gasteiger partial charge in [0.1, 0.15) is 17.6 Å². The molecule has 0 aliphatic carbocycles. The first-order valence-electron chi connectivity index (χ1n) is 5.99. The molecule has 1 aliphatic rings. The van der Waals surface area contributed by atoms with Crippen LogP contribution in [0.25, 0.3) is 0 Å². The maximum atomic E-state index is 12.4. The molecule has 1 aliphatic heterocycles. The second-order valence-corrected chi connectivity index (χ2v) is 6.77. The summed E-state index contributed by atoms with van der Waals surface area (Å²) in [6.07, 6.45) is 1.34. The Morgan fingerprint density at radius 2 is 2.29 bits per heavy atom. The van der Waals surface area contributed by atoms with E-state index in [4.69, 9.17) is 15.1 Å². The Bertz CT molecular complexity index is 704. The van der Waals surface area contributed by atoms with Gasteiger partial charge in [-0.05, 0) is 19.1 Å². The molecule has 0 amide bonds. The largest absolute Gasteiger partial charge is 0.480 e. The van der Waals surface area contributed by atoms with Gasteiger partial charge in [0.25, 0.3) is 0 Å². The van der Waals surface area contributed by atoms with Gasteiger partial charge >= 0.3 is 5.97 Å². The lowest BCUT2D eigenvalue weighted by molar-refractivity contribution is -0.157. The molecule has 0 spiro atoms. The molecule has 1 saturated heterocycles. The predicted molar refractivity (Wildman–Crippen MR) is 69.7 cm³/mol. The fraction of sp³-hybridized carbons (Fsp3) is 0.417. The summed E-state index contributed by atoms with van der Waals surface area (Å²) in [7, 11) is -3.83. The highest BCUT2D eigenvalue weighted by molar-refractivity contribution is 7.89. The van der Waals surface area contributed by atoms with Crippen LogP contribution >= 0.6 is 0 Å². The number of carboxylic acid groups (broad SMARTS) is 1. The lowest BCUT2D eigenvalue weighted by Crippen LogP contribution is -2.63. The van der Waals surface area contributed by atoms with Crippen molar-refractivity contribution >= 4 is 16.0 Å². The van der Waals surface area contributed by atoms with Crippen molar-refractivity contribution < 1.29 is 23.1 Å². The molecule has 1 aromatic heterocycles. The van der Waals surface area contributed by atoms with Crippen molar-refractivity contribution in [3.63, 3.8) is 0 Å². The molecule has 8 nitrogen and oxygen atoms in total. The van der Waals surface area contributed by atoms with Gasteiger partial charge in [-0.2, -0.15) is 9.57 Å². The second kappa shape index (κ2) is 5.40. The number of rotatable bonds is 5. The summed E-state index contributed by atoms with van der Waals surface area (Å²) in [6.45, 7) is 1.21. The number of sulfonamides is 1. The molecule has 112 valence electrons. The fourth-order valence-electron chi connectivity index (χ4n) is 2.02. The summed E-state index contributed by atoms with van der Waals surface area (Å²) in [5.41, 5.74) is -1.00. The Labute approximate surface area is 121 Å². The Kier molecular flexibility index (Phi) is 3.95. The highest BCUT2D eigenvalue weighted by Gasteiger charge is 2.47. The molecule has 1 N–H and O–H groups in total. The summed E-state index contributed by atoms with van der Waals surface area (Å²) in [5.74, 6) is -1.11. The van der Waals surface area contributed by atoms with E-state index in [1.807, 2.05) is 0 Å². The number of hydrogen-bond acceptors (Lipinski definition) is 6. The first-order chi connectivity index (χ1) is 9.78. The zero-order chi connectivity index (χ0) is 15.7. The van der Waals surface area contributed by atoms with Crippen molar-refractivity contribution in [2.24, 2.45) is 0 Å². The molecular formula is C12H13N3O5S. The van der Waals surface area contributed by atoms with Gasteiger partial charge in [0.2, 0.25) is 10.0 Å². The number of aromatic nitrogens is 1. The monoisotopic (exact) mass is 311 g/mol. The first kappa shape index (κ1) is 15.4. The number of carbonyl (C=O) groups is 1. The van der Waals surface area contributed by atoms with Crippen molar-refractivity contribution in [3.05, 3.63) is 24.0 Å². The summed E-state index contributed by atoms with van der Waals surface area (Å²) in [6, 6.07) is 4.49. The van der Waals surface area contributed by atoms with Gasteiger partial charge < -0.3 is 9.84 Å². The third kappa shape index (κ3) is 3.02. The van der Waals surface area contributed by atoms with Crippen molar-refractivity contribution in [1.29, 1.82) is 5.26 Å². The summed E-state index contributed by atoms with van der Waals surface area (Å²) in [5, 5.41) is 17.5. The molecule has 2 heterocycles. The maximum absolute atomic E-state index is 12.4. The van der Waals surface area contributed by atoms with E-state index in [0.717, 1.165) is 4.31 Å². The molecule has 0 aromatic carbocycles. The first-order valence-corrected chi connectivity index (χ1v) is 7.43. The molecule has 0 saturated carbocycles. The SMILES string of the molecule is CC1(OCC(=O)O)CN(S(=O)(=O)c2cccnc2C#N)C1. The third-order valence-electron chi connectivity index (χ3n) is 3.06. The normalized spacial score (nSPS) is 17.7. The van der Waals surface area contributed by atoms with Gasteiger partial charge in [0.05, 0.1) is 5.60 Å². The third-order valence-corrected chi connectivity index (χ3v) is 4.88. The minimum Gasteiger partial charge on any atom is -0.480 e. The quantitative estimate of drug-likeness (QED) is 0.800. The standard InChI is InChI=1S/C12H13N3O5S/c1-12(20-6-11(16)17)7-15(8-12)21(18,19)10-3-2-4-14-9(10)5-13/h2-4H,6-8H2,1H3,(H,16,17). The number of aliphatic carboxylic acids is 1. The molecule has 1 aromatic rings. The van der Waals surface area contributed by atoms with Crippen LogP contribution in [0.3, 0.4) is 0 Å². The molecular weight excluding hydrogens is 298 g/mol. The Morgan fingerprint density at radius 1 is 1.62 bits per heavy atom. The minimum atomic E-state index is -3.83. The number of ether oxygens (including phenoxy) is 1. The van der Waals surface area contributed by atoms with Crippen LogP contribution in [0.1, 0.15) is 12.6 Å². The van der Waals surface area contributed by atoms with Crippen molar-refractivity contribution in [3.8, 4) is 6.07 Å². The number of nitrogens with zero attached hydrogens (tertiary/aromatic N) is 3. The van der Waals surface area contributed by atoms with Crippen LogP contribution in [-0.2, 0) is 19.6 Å². The van der Waals surface area contributed by atoms with E-state index >= 15 is 0 Å². The number of hydrogen-bond donors (Lipinski definition) is 1. The van der Waals surface area contributed by atoms with Crippen molar-refractivity contribution in [1.82, 2.24) is 9.29 Å². The van der Waals surface area contributed by atoms with E-state index in [1.165, 1.54) is 18.3 Å². The van der Waals surface area contributed by atoms with E-state index < -0.39 is 28.2 Å². The van der Waals surface area contributed by atoms with Crippen molar-refractivity contribution in [2.75, 3.05) is 19.7 Å². The van der Waals surface area contributed by atoms with Crippen LogP contribution in [0.2, 0.25) is 0 Å². The van der Waals surface area contributed by atoms with Gasteiger partial charge in [-0.3, -0.25) is 0 Å². The molecule has 0 atom stereocenters.